The molecule has 1 aromatic rings. The van der Waals surface area contributed by atoms with Crippen molar-refractivity contribution in [3.63, 3.8) is 0 Å². The van der Waals surface area contributed by atoms with Gasteiger partial charge in [0.25, 0.3) is 0 Å². The van der Waals surface area contributed by atoms with Crippen molar-refractivity contribution in [3.05, 3.63) is 22.4 Å². The van der Waals surface area contributed by atoms with E-state index in [4.69, 9.17) is 0 Å². The second kappa shape index (κ2) is 6.90. The minimum absolute atomic E-state index is 0. The molecule has 1 aromatic heterocycles. The number of amides is 1. The predicted molar refractivity (Wildman–Crippen MR) is 92.5 cm³/mol. The molecule has 4 rings (SSSR count). The molecule has 3 fully saturated rings. The van der Waals surface area contributed by atoms with Crippen molar-refractivity contribution < 1.29 is 4.79 Å². The maximum absolute atomic E-state index is 12.8. The molecule has 0 aromatic carbocycles. The van der Waals surface area contributed by atoms with E-state index in [1.807, 2.05) is 0 Å². The van der Waals surface area contributed by atoms with Gasteiger partial charge in [-0.25, -0.2) is 0 Å². The summed E-state index contributed by atoms with van der Waals surface area (Å²) in [4.78, 5) is 16.3. The molecule has 3 nitrogen and oxygen atoms in total. The van der Waals surface area contributed by atoms with Crippen molar-refractivity contribution in [1.82, 2.24) is 10.2 Å². The van der Waals surface area contributed by atoms with Gasteiger partial charge in [0.15, 0.2) is 0 Å². The molecule has 22 heavy (non-hydrogen) atoms. The molecule has 3 unspecified atom stereocenters. The zero-order chi connectivity index (χ0) is 14.2. The number of rotatable bonds is 3. The summed E-state index contributed by atoms with van der Waals surface area (Å²) in [6.07, 6.45) is 8.12. The van der Waals surface area contributed by atoms with Crippen LogP contribution in [0.15, 0.2) is 17.5 Å². The van der Waals surface area contributed by atoms with E-state index in [-0.39, 0.29) is 12.4 Å². The van der Waals surface area contributed by atoms with Crippen LogP contribution in [0, 0.1) is 5.92 Å². The number of nitrogens with one attached hydrogen (secondary N) is 1. The number of hydrogen-bond donors (Lipinski definition) is 1. The molecule has 3 saturated heterocycles. The van der Waals surface area contributed by atoms with Gasteiger partial charge < -0.3 is 10.2 Å². The van der Waals surface area contributed by atoms with Crippen LogP contribution in [-0.2, 0) is 4.79 Å². The average Bonchev–Trinajstić information content (AvgIpc) is 3.18. The molecule has 3 aliphatic rings. The molecular weight excluding hydrogens is 316 g/mol. The highest BCUT2D eigenvalue weighted by molar-refractivity contribution is 7.10. The number of fused-ring (bicyclic) bond motifs is 2. The van der Waals surface area contributed by atoms with E-state index in [1.165, 1.54) is 30.6 Å². The Balaban J connectivity index is 0.00000144. The largest absolute Gasteiger partial charge is 0.335 e. The van der Waals surface area contributed by atoms with Crippen LogP contribution in [0.1, 0.15) is 55.9 Å². The van der Waals surface area contributed by atoms with Crippen LogP contribution in [0.25, 0.3) is 0 Å². The highest BCUT2D eigenvalue weighted by Crippen LogP contribution is 2.37. The van der Waals surface area contributed by atoms with Crippen LogP contribution in [0.4, 0.5) is 0 Å². The van der Waals surface area contributed by atoms with Crippen molar-refractivity contribution >= 4 is 29.7 Å². The third kappa shape index (κ3) is 3.19. The summed E-state index contributed by atoms with van der Waals surface area (Å²) in [6, 6.07) is 6.02. The second-order valence-corrected chi connectivity index (χ2v) is 7.92. The number of hydrogen-bond acceptors (Lipinski definition) is 3. The molecular formula is C17H25ClN2OS. The maximum atomic E-state index is 12.8. The molecule has 3 atom stereocenters. The Hall–Kier alpha value is -0.580. The third-order valence-corrected chi connectivity index (χ3v) is 6.45. The zero-order valence-corrected chi connectivity index (χ0v) is 14.5. The van der Waals surface area contributed by atoms with Gasteiger partial charge in [-0.3, -0.25) is 4.79 Å². The molecule has 0 spiro atoms. The smallest absolute Gasteiger partial charge is 0.223 e. The van der Waals surface area contributed by atoms with E-state index in [1.54, 1.807) is 11.3 Å². The minimum atomic E-state index is 0. The number of likely N-dealkylation sites (tertiary alicyclic amines) is 1. The highest BCUT2D eigenvalue weighted by atomic mass is 35.5. The molecule has 1 amide bonds. The van der Waals surface area contributed by atoms with Crippen LogP contribution in [0.3, 0.4) is 0 Å². The lowest BCUT2D eigenvalue weighted by atomic mass is 9.89. The third-order valence-electron chi connectivity index (χ3n) is 5.48. The van der Waals surface area contributed by atoms with Gasteiger partial charge in [-0.05, 0) is 55.9 Å². The van der Waals surface area contributed by atoms with Crippen LogP contribution in [0.5, 0.6) is 0 Å². The topological polar surface area (TPSA) is 32.3 Å². The van der Waals surface area contributed by atoms with Gasteiger partial charge in [0, 0.05) is 29.9 Å². The normalized spacial score (nSPS) is 33.7. The Morgan fingerprint density at radius 3 is 2.73 bits per heavy atom. The van der Waals surface area contributed by atoms with E-state index in [0.29, 0.717) is 30.0 Å². The zero-order valence-electron chi connectivity index (χ0n) is 12.9. The summed E-state index contributed by atoms with van der Waals surface area (Å²) in [5.74, 6) is 1.01. The van der Waals surface area contributed by atoms with Crippen LogP contribution >= 0.6 is 23.7 Å². The monoisotopic (exact) mass is 340 g/mol. The molecule has 2 bridgehead atoms. The van der Waals surface area contributed by atoms with Crippen LogP contribution < -0.4 is 5.32 Å². The number of nitrogens with zero attached hydrogens (tertiary/aromatic N) is 1. The first kappa shape index (κ1) is 16.3. The van der Waals surface area contributed by atoms with Crippen molar-refractivity contribution in [2.45, 2.75) is 63.1 Å². The number of halogens is 1. The Morgan fingerprint density at radius 2 is 2.05 bits per heavy atom. The maximum Gasteiger partial charge on any atom is 0.223 e. The summed E-state index contributed by atoms with van der Waals surface area (Å²) in [5, 5.41) is 5.80. The molecule has 0 aliphatic carbocycles. The Morgan fingerprint density at radius 1 is 1.27 bits per heavy atom. The fraction of sp³-hybridized carbons (Fsp3) is 0.706. The summed E-state index contributed by atoms with van der Waals surface area (Å²) in [5.41, 5.74) is 0. The van der Waals surface area contributed by atoms with E-state index < -0.39 is 0 Å². The lowest BCUT2D eigenvalue weighted by Crippen LogP contribution is -2.40. The van der Waals surface area contributed by atoms with Crippen molar-refractivity contribution in [2.24, 2.45) is 5.92 Å². The first-order chi connectivity index (χ1) is 10.3. The van der Waals surface area contributed by atoms with Gasteiger partial charge in [-0.15, -0.1) is 23.7 Å². The van der Waals surface area contributed by atoms with Gasteiger partial charge in [-0.1, -0.05) is 6.07 Å². The van der Waals surface area contributed by atoms with Gasteiger partial charge >= 0.3 is 0 Å². The number of carbonyl (C=O) groups excluding carboxylic acids is 1. The Bertz CT molecular complexity index is 495. The summed E-state index contributed by atoms with van der Waals surface area (Å²) < 4.78 is 0. The van der Waals surface area contributed by atoms with E-state index in [0.717, 1.165) is 25.8 Å². The van der Waals surface area contributed by atoms with Crippen molar-refractivity contribution in [3.8, 4) is 0 Å². The molecule has 0 saturated carbocycles. The number of thiophene rings is 1. The molecule has 0 radical (unpaired) electrons. The second-order valence-electron chi connectivity index (χ2n) is 6.94. The standard InChI is InChI=1S/C17H24N2OS.ClH/c20-17(11-12-9-13-5-6-14(10-12)18-13)19-7-1-3-15(19)16-4-2-8-21-16;/h2,4,8,12-15,18H,1,3,5-7,9-11H2;1H. The van der Waals surface area contributed by atoms with Crippen molar-refractivity contribution in [2.75, 3.05) is 6.54 Å². The fourth-order valence-corrected chi connectivity index (χ4v) is 5.42. The van der Waals surface area contributed by atoms with E-state index in [9.17, 15) is 4.79 Å². The lowest BCUT2D eigenvalue weighted by molar-refractivity contribution is -0.133. The molecule has 5 heteroatoms. The quantitative estimate of drug-likeness (QED) is 0.908. The SMILES string of the molecule is Cl.O=C(CC1CC2CCC(C1)N2)N1CCCC1c1cccs1. The number of carbonyl (C=O) groups is 1. The fourth-order valence-electron chi connectivity index (χ4n) is 4.55. The average molecular weight is 341 g/mol. The Labute approximate surface area is 142 Å². The highest BCUT2D eigenvalue weighted by Gasteiger charge is 2.36. The van der Waals surface area contributed by atoms with Gasteiger partial charge in [0.1, 0.15) is 0 Å². The summed E-state index contributed by atoms with van der Waals surface area (Å²) in [7, 11) is 0. The Kier molecular flexibility index (Phi) is 5.10. The van der Waals surface area contributed by atoms with E-state index in [2.05, 4.69) is 27.7 Å². The first-order valence-corrected chi connectivity index (χ1v) is 9.26. The first-order valence-electron chi connectivity index (χ1n) is 8.38. The van der Waals surface area contributed by atoms with E-state index >= 15 is 0 Å². The van der Waals surface area contributed by atoms with Gasteiger partial charge in [0.05, 0.1) is 6.04 Å². The van der Waals surface area contributed by atoms with Crippen LogP contribution in [-0.4, -0.2) is 29.4 Å². The molecule has 4 heterocycles. The van der Waals surface area contributed by atoms with Gasteiger partial charge in [-0.2, -0.15) is 0 Å². The predicted octanol–water partition coefficient (Wildman–Crippen LogP) is 3.75. The lowest BCUT2D eigenvalue weighted by Gasteiger charge is -2.31. The summed E-state index contributed by atoms with van der Waals surface area (Å²) in [6.45, 7) is 0.958. The molecule has 1 N–H and O–H groups in total. The number of piperidine rings is 1. The minimum Gasteiger partial charge on any atom is -0.335 e. The van der Waals surface area contributed by atoms with Gasteiger partial charge in [0.2, 0.25) is 5.91 Å². The molecule has 122 valence electrons. The summed E-state index contributed by atoms with van der Waals surface area (Å²) >= 11 is 1.79. The van der Waals surface area contributed by atoms with Crippen molar-refractivity contribution in [1.29, 1.82) is 0 Å². The molecule has 3 aliphatic heterocycles. The van der Waals surface area contributed by atoms with Crippen LogP contribution in [0.2, 0.25) is 0 Å².